The summed E-state index contributed by atoms with van der Waals surface area (Å²) >= 11 is 0. The predicted octanol–water partition coefficient (Wildman–Crippen LogP) is 2.49. The molecule has 0 radical (unpaired) electrons. The molecule has 1 unspecified atom stereocenters. The summed E-state index contributed by atoms with van der Waals surface area (Å²) in [4.78, 5) is 26.7. The van der Waals surface area contributed by atoms with E-state index in [1.165, 1.54) is 12.8 Å². The van der Waals surface area contributed by atoms with Gasteiger partial charge >= 0.3 is 0 Å². The maximum Gasteiger partial charge on any atom is 0.243 e. The number of rotatable bonds is 7. The number of ether oxygens (including phenoxy) is 1. The van der Waals surface area contributed by atoms with Gasteiger partial charge in [-0.05, 0) is 50.5 Å². The molecule has 3 fully saturated rings. The third-order valence-electron chi connectivity index (χ3n) is 5.36. The van der Waals surface area contributed by atoms with Crippen LogP contribution in [0.15, 0.2) is 24.3 Å². The van der Waals surface area contributed by atoms with Gasteiger partial charge in [0.15, 0.2) is 0 Å². The minimum Gasteiger partial charge on any atom is -0.493 e. The van der Waals surface area contributed by atoms with Crippen molar-refractivity contribution in [1.82, 2.24) is 10.2 Å². The Kier molecular flexibility index (Phi) is 4.64. The molecule has 1 aromatic rings. The van der Waals surface area contributed by atoms with Crippen LogP contribution in [0.5, 0.6) is 5.75 Å². The van der Waals surface area contributed by atoms with Crippen molar-refractivity contribution in [2.45, 2.75) is 51.1 Å². The number of hydrogen-bond acceptors (Lipinski definition) is 3. The molecule has 1 N–H and O–H groups in total. The SMILES string of the molecule is O=C(NCc1ccccc1OCC1CC1)C1CCCN1C(=O)C1CC1. The van der Waals surface area contributed by atoms with Crippen molar-refractivity contribution in [1.29, 1.82) is 0 Å². The first-order chi connectivity index (χ1) is 12.2. The van der Waals surface area contributed by atoms with Crippen molar-refractivity contribution in [2.24, 2.45) is 11.8 Å². The van der Waals surface area contributed by atoms with Gasteiger partial charge in [0.25, 0.3) is 0 Å². The highest BCUT2D eigenvalue weighted by Gasteiger charge is 2.40. The van der Waals surface area contributed by atoms with E-state index in [0.717, 1.165) is 43.6 Å². The molecule has 5 heteroatoms. The van der Waals surface area contributed by atoms with E-state index in [4.69, 9.17) is 4.74 Å². The molecule has 0 spiro atoms. The first kappa shape index (κ1) is 16.4. The molecule has 1 heterocycles. The fourth-order valence-electron chi connectivity index (χ4n) is 3.45. The van der Waals surface area contributed by atoms with Gasteiger partial charge in [-0.1, -0.05) is 18.2 Å². The van der Waals surface area contributed by atoms with Gasteiger partial charge in [0, 0.05) is 24.6 Å². The molecule has 1 aliphatic heterocycles. The number of carbonyl (C=O) groups excluding carboxylic acids is 2. The summed E-state index contributed by atoms with van der Waals surface area (Å²) in [5.74, 6) is 1.86. The van der Waals surface area contributed by atoms with Crippen molar-refractivity contribution < 1.29 is 14.3 Å². The van der Waals surface area contributed by atoms with Crippen LogP contribution in [0.2, 0.25) is 0 Å². The molecule has 2 aliphatic carbocycles. The molecule has 2 amide bonds. The lowest BCUT2D eigenvalue weighted by atomic mass is 10.1. The van der Waals surface area contributed by atoms with E-state index in [1.54, 1.807) is 4.90 Å². The summed E-state index contributed by atoms with van der Waals surface area (Å²) in [7, 11) is 0. The number of carbonyl (C=O) groups is 2. The Bertz CT molecular complexity index is 652. The van der Waals surface area contributed by atoms with Crippen molar-refractivity contribution in [3.05, 3.63) is 29.8 Å². The van der Waals surface area contributed by atoms with Gasteiger partial charge < -0.3 is 15.0 Å². The maximum atomic E-state index is 12.6. The lowest BCUT2D eigenvalue weighted by Crippen LogP contribution is -2.46. The van der Waals surface area contributed by atoms with Gasteiger partial charge in [-0.3, -0.25) is 9.59 Å². The first-order valence-corrected chi connectivity index (χ1v) is 9.51. The molecule has 134 valence electrons. The molecule has 5 nitrogen and oxygen atoms in total. The van der Waals surface area contributed by atoms with Crippen LogP contribution in [0.1, 0.15) is 44.1 Å². The molecule has 4 rings (SSSR count). The number of hydrogen-bond donors (Lipinski definition) is 1. The first-order valence-electron chi connectivity index (χ1n) is 9.51. The third-order valence-corrected chi connectivity index (χ3v) is 5.36. The van der Waals surface area contributed by atoms with E-state index in [-0.39, 0.29) is 23.8 Å². The smallest absolute Gasteiger partial charge is 0.243 e. The summed E-state index contributed by atoms with van der Waals surface area (Å²) in [6.45, 7) is 1.92. The Labute approximate surface area is 148 Å². The molecule has 25 heavy (non-hydrogen) atoms. The monoisotopic (exact) mass is 342 g/mol. The zero-order valence-electron chi connectivity index (χ0n) is 14.6. The van der Waals surface area contributed by atoms with Gasteiger partial charge in [-0.15, -0.1) is 0 Å². The molecule has 0 bridgehead atoms. The highest BCUT2D eigenvalue weighted by molar-refractivity contribution is 5.90. The Hall–Kier alpha value is -2.04. The van der Waals surface area contributed by atoms with Gasteiger partial charge in [-0.2, -0.15) is 0 Å². The molecule has 0 aromatic heterocycles. The van der Waals surface area contributed by atoms with Crippen LogP contribution in [-0.2, 0) is 16.1 Å². The normalized spacial score (nSPS) is 22.7. The van der Waals surface area contributed by atoms with Crippen LogP contribution >= 0.6 is 0 Å². The second kappa shape index (κ2) is 7.06. The van der Waals surface area contributed by atoms with Crippen LogP contribution in [0, 0.1) is 11.8 Å². The van der Waals surface area contributed by atoms with E-state index >= 15 is 0 Å². The number of benzene rings is 1. The van der Waals surface area contributed by atoms with Crippen molar-refractivity contribution in [3.8, 4) is 5.75 Å². The zero-order valence-corrected chi connectivity index (χ0v) is 14.6. The van der Waals surface area contributed by atoms with E-state index in [2.05, 4.69) is 5.32 Å². The topological polar surface area (TPSA) is 58.6 Å². The summed E-state index contributed by atoms with van der Waals surface area (Å²) in [5.41, 5.74) is 0.995. The summed E-state index contributed by atoms with van der Waals surface area (Å²) in [6.07, 6.45) is 6.16. The summed E-state index contributed by atoms with van der Waals surface area (Å²) < 4.78 is 5.90. The number of amides is 2. The molecular weight excluding hydrogens is 316 g/mol. The van der Waals surface area contributed by atoms with Crippen LogP contribution in [0.25, 0.3) is 0 Å². The van der Waals surface area contributed by atoms with Crippen molar-refractivity contribution >= 4 is 11.8 Å². The van der Waals surface area contributed by atoms with Gasteiger partial charge in [0.2, 0.25) is 11.8 Å². The van der Waals surface area contributed by atoms with E-state index in [9.17, 15) is 9.59 Å². The Balaban J connectivity index is 1.34. The minimum absolute atomic E-state index is 0.0384. The Morgan fingerprint density at radius 1 is 1.12 bits per heavy atom. The fraction of sp³-hybridized carbons (Fsp3) is 0.600. The third kappa shape index (κ3) is 3.97. The highest BCUT2D eigenvalue weighted by atomic mass is 16.5. The summed E-state index contributed by atoms with van der Waals surface area (Å²) in [5, 5.41) is 3.02. The second-order valence-corrected chi connectivity index (χ2v) is 7.54. The number of nitrogens with zero attached hydrogens (tertiary/aromatic N) is 1. The molecular formula is C20H26N2O3. The second-order valence-electron chi connectivity index (χ2n) is 7.54. The predicted molar refractivity (Wildman–Crippen MR) is 94.0 cm³/mol. The fourth-order valence-corrected chi connectivity index (χ4v) is 3.45. The standard InChI is InChI=1S/C20H26N2O3/c23-19(17-5-3-11-22(17)20(24)15-9-10-15)21-12-16-4-1-2-6-18(16)25-13-14-7-8-14/h1-2,4,6,14-15,17H,3,5,7-13H2,(H,21,23). The van der Waals surface area contributed by atoms with Gasteiger partial charge in [0.1, 0.15) is 11.8 Å². The largest absolute Gasteiger partial charge is 0.493 e. The molecule has 2 saturated carbocycles. The maximum absolute atomic E-state index is 12.6. The van der Waals surface area contributed by atoms with E-state index in [1.807, 2.05) is 24.3 Å². The van der Waals surface area contributed by atoms with Crippen LogP contribution in [0.3, 0.4) is 0 Å². The van der Waals surface area contributed by atoms with Gasteiger partial charge in [0.05, 0.1) is 6.61 Å². The van der Waals surface area contributed by atoms with Crippen LogP contribution in [-0.4, -0.2) is 35.9 Å². The highest BCUT2D eigenvalue weighted by Crippen LogP contribution is 2.34. The van der Waals surface area contributed by atoms with Crippen LogP contribution in [0.4, 0.5) is 0 Å². The van der Waals surface area contributed by atoms with E-state index in [0.29, 0.717) is 19.0 Å². The zero-order chi connectivity index (χ0) is 17.2. The van der Waals surface area contributed by atoms with Crippen molar-refractivity contribution in [3.63, 3.8) is 0 Å². The number of para-hydroxylation sites is 1. The van der Waals surface area contributed by atoms with E-state index < -0.39 is 0 Å². The minimum atomic E-state index is -0.298. The lowest BCUT2D eigenvalue weighted by molar-refractivity contribution is -0.139. The average Bonchev–Trinajstić information content (AvgIpc) is 3.56. The number of nitrogens with one attached hydrogen (secondary N) is 1. The van der Waals surface area contributed by atoms with Crippen LogP contribution < -0.4 is 10.1 Å². The molecule has 1 aromatic carbocycles. The lowest BCUT2D eigenvalue weighted by Gasteiger charge is -2.24. The molecule has 1 atom stereocenters. The Morgan fingerprint density at radius 3 is 2.68 bits per heavy atom. The average molecular weight is 342 g/mol. The molecule has 1 saturated heterocycles. The van der Waals surface area contributed by atoms with Crippen molar-refractivity contribution in [2.75, 3.05) is 13.2 Å². The number of likely N-dealkylation sites (tertiary alicyclic amines) is 1. The molecule has 3 aliphatic rings. The summed E-state index contributed by atoms with van der Waals surface area (Å²) in [6, 6.07) is 7.57. The quantitative estimate of drug-likeness (QED) is 0.828. The Morgan fingerprint density at radius 2 is 1.92 bits per heavy atom. The van der Waals surface area contributed by atoms with Gasteiger partial charge in [-0.25, -0.2) is 0 Å².